The number of halogens is 1. The van der Waals surface area contributed by atoms with E-state index in [1.54, 1.807) is 11.9 Å². The average Bonchev–Trinajstić information content (AvgIpc) is 2.93. The Morgan fingerprint density at radius 3 is 2.93 bits per heavy atom. The predicted molar refractivity (Wildman–Crippen MR) is 55.2 cm³/mol. The first-order valence-corrected chi connectivity index (χ1v) is 5.16. The van der Waals surface area contributed by atoms with E-state index < -0.39 is 5.60 Å². The largest absolute Gasteiger partial charge is 0.354 e. The summed E-state index contributed by atoms with van der Waals surface area (Å²) in [6.45, 7) is 0.514. The lowest BCUT2D eigenvalue weighted by atomic mass is 10.0. The van der Waals surface area contributed by atoms with Crippen molar-refractivity contribution in [1.82, 2.24) is 0 Å². The number of likely N-dealkylation sites (N-methyl/N-ethyl adjacent to an activating group) is 1. The minimum Gasteiger partial charge on any atom is -0.354 e. The van der Waals surface area contributed by atoms with Gasteiger partial charge in [0.2, 0.25) is 0 Å². The highest BCUT2D eigenvalue weighted by molar-refractivity contribution is 9.10. The van der Waals surface area contributed by atoms with Crippen LogP contribution < -0.4 is 4.90 Å². The standard InChI is InChI=1S/C10H8BrNO2/c1-12-8-3-2-6(11)4-7(8)10(5-14-10)9(12)13/h2-4H,5H2,1H3/t10-/m0/s1. The van der Waals surface area contributed by atoms with Gasteiger partial charge in [-0.15, -0.1) is 0 Å². The van der Waals surface area contributed by atoms with Crippen LogP contribution in [0.4, 0.5) is 5.69 Å². The third kappa shape index (κ3) is 0.828. The molecule has 0 unspecified atom stereocenters. The van der Waals surface area contributed by atoms with Crippen LogP contribution in [-0.4, -0.2) is 19.6 Å². The second-order valence-electron chi connectivity index (χ2n) is 3.64. The normalized spacial score (nSPS) is 28.4. The first-order chi connectivity index (χ1) is 6.65. The molecule has 0 aromatic heterocycles. The maximum atomic E-state index is 11.8. The van der Waals surface area contributed by atoms with E-state index in [4.69, 9.17) is 4.74 Å². The Morgan fingerprint density at radius 1 is 1.57 bits per heavy atom. The number of carbonyl (C=O) groups excluding carboxylic acids is 1. The van der Waals surface area contributed by atoms with Crippen molar-refractivity contribution >= 4 is 27.5 Å². The summed E-state index contributed by atoms with van der Waals surface area (Å²) in [6.07, 6.45) is 0. The van der Waals surface area contributed by atoms with E-state index in [9.17, 15) is 4.79 Å². The summed E-state index contributed by atoms with van der Waals surface area (Å²) in [4.78, 5) is 13.5. The number of epoxide rings is 1. The molecule has 0 aliphatic carbocycles. The third-order valence-corrected chi connectivity index (χ3v) is 3.33. The van der Waals surface area contributed by atoms with Gasteiger partial charge in [0.25, 0.3) is 5.91 Å². The molecule has 2 aliphatic heterocycles. The van der Waals surface area contributed by atoms with Gasteiger partial charge in [0.05, 0.1) is 12.3 Å². The molecule has 1 amide bonds. The van der Waals surface area contributed by atoms with Crippen molar-refractivity contribution in [1.29, 1.82) is 0 Å². The lowest BCUT2D eigenvalue weighted by Gasteiger charge is -2.08. The van der Waals surface area contributed by atoms with Gasteiger partial charge in [-0.05, 0) is 18.2 Å². The molecule has 2 aliphatic rings. The van der Waals surface area contributed by atoms with Crippen LogP contribution >= 0.6 is 15.9 Å². The molecule has 14 heavy (non-hydrogen) atoms. The minimum atomic E-state index is -0.645. The quantitative estimate of drug-likeness (QED) is 0.659. The van der Waals surface area contributed by atoms with Crippen LogP contribution in [0.15, 0.2) is 22.7 Å². The average molecular weight is 254 g/mol. The number of fused-ring (bicyclic) bond motifs is 2. The molecule has 1 aromatic carbocycles. The van der Waals surface area contributed by atoms with E-state index >= 15 is 0 Å². The van der Waals surface area contributed by atoms with Crippen molar-refractivity contribution in [3.05, 3.63) is 28.2 Å². The summed E-state index contributed by atoms with van der Waals surface area (Å²) in [6, 6.07) is 5.83. The molecule has 3 nitrogen and oxygen atoms in total. The molecular weight excluding hydrogens is 246 g/mol. The highest BCUT2D eigenvalue weighted by Gasteiger charge is 2.60. The molecule has 2 heterocycles. The maximum absolute atomic E-state index is 11.8. The molecule has 0 saturated carbocycles. The number of amides is 1. The van der Waals surface area contributed by atoms with Gasteiger partial charge in [-0.2, -0.15) is 0 Å². The fourth-order valence-corrected chi connectivity index (χ4v) is 2.33. The zero-order chi connectivity index (χ0) is 9.92. The monoisotopic (exact) mass is 253 g/mol. The summed E-state index contributed by atoms with van der Waals surface area (Å²) in [5.74, 6) is 0.0469. The van der Waals surface area contributed by atoms with E-state index in [1.807, 2.05) is 18.2 Å². The van der Waals surface area contributed by atoms with E-state index in [0.717, 1.165) is 15.7 Å². The molecule has 1 fully saturated rings. The summed E-state index contributed by atoms with van der Waals surface area (Å²) in [5.41, 5.74) is 1.29. The first-order valence-electron chi connectivity index (χ1n) is 4.37. The number of hydrogen-bond donors (Lipinski definition) is 0. The molecule has 1 saturated heterocycles. The SMILES string of the molecule is CN1C(=O)[C@]2(CO2)c2cc(Br)ccc21. The summed E-state index contributed by atoms with van der Waals surface area (Å²) in [5, 5.41) is 0. The van der Waals surface area contributed by atoms with Crippen molar-refractivity contribution in [2.24, 2.45) is 0 Å². The van der Waals surface area contributed by atoms with Gasteiger partial charge in [0.15, 0.2) is 5.60 Å². The van der Waals surface area contributed by atoms with Crippen LogP contribution in [0, 0.1) is 0 Å². The van der Waals surface area contributed by atoms with Gasteiger partial charge in [-0.3, -0.25) is 4.79 Å². The zero-order valence-corrected chi connectivity index (χ0v) is 9.17. The van der Waals surface area contributed by atoms with E-state index in [1.165, 1.54) is 0 Å². The van der Waals surface area contributed by atoms with E-state index in [2.05, 4.69) is 15.9 Å². The van der Waals surface area contributed by atoms with Gasteiger partial charge < -0.3 is 9.64 Å². The number of hydrogen-bond acceptors (Lipinski definition) is 2. The smallest absolute Gasteiger partial charge is 0.266 e. The molecule has 4 heteroatoms. The van der Waals surface area contributed by atoms with Gasteiger partial charge in [0.1, 0.15) is 0 Å². The Bertz CT molecular complexity index is 440. The molecule has 3 rings (SSSR count). The Balaban J connectivity index is 2.27. The van der Waals surface area contributed by atoms with Crippen LogP contribution in [0.2, 0.25) is 0 Å². The summed E-state index contributed by atoms with van der Waals surface area (Å²) in [7, 11) is 1.78. The zero-order valence-electron chi connectivity index (χ0n) is 7.58. The number of benzene rings is 1. The van der Waals surface area contributed by atoms with Crippen LogP contribution in [-0.2, 0) is 15.1 Å². The van der Waals surface area contributed by atoms with Crippen LogP contribution in [0.5, 0.6) is 0 Å². The molecular formula is C10H8BrNO2. The first kappa shape index (κ1) is 8.44. The van der Waals surface area contributed by atoms with E-state index in [0.29, 0.717) is 6.61 Å². The molecule has 1 spiro atoms. The van der Waals surface area contributed by atoms with Crippen molar-refractivity contribution in [2.45, 2.75) is 5.60 Å². The fraction of sp³-hybridized carbons (Fsp3) is 0.300. The Hall–Kier alpha value is -0.870. The molecule has 0 radical (unpaired) electrons. The molecule has 1 aromatic rings. The van der Waals surface area contributed by atoms with Crippen LogP contribution in [0.3, 0.4) is 0 Å². The van der Waals surface area contributed by atoms with Gasteiger partial charge in [0, 0.05) is 17.1 Å². The lowest BCUT2D eigenvalue weighted by molar-refractivity contribution is -0.122. The fourth-order valence-electron chi connectivity index (χ4n) is 1.97. The molecule has 0 bridgehead atoms. The topological polar surface area (TPSA) is 32.8 Å². The second-order valence-corrected chi connectivity index (χ2v) is 4.56. The highest BCUT2D eigenvalue weighted by atomic mass is 79.9. The maximum Gasteiger partial charge on any atom is 0.266 e. The Kier molecular flexibility index (Phi) is 1.43. The van der Waals surface area contributed by atoms with Crippen molar-refractivity contribution in [2.75, 3.05) is 18.6 Å². The van der Waals surface area contributed by atoms with Gasteiger partial charge >= 0.3 is 0 Å². The van der Waals surface area contributed by atoms with E-state index in [-0.39, 0.29) is 5.91 Å². The summed E-state index contributed by atoms with van der Waals surface area (Å²) < 4.78 is 6.29. The lowest BCUT2D eigenvalue weighted by Crippen LogP contribution is -2.28. The van der Waals surface area contributed by atoms with Crippen molar-refractivity contribution in [3.63, 3.8) is 0 Å². The molecule has 72 valence electrons. The number of nitrogens with zero attached hydrogens (tertiary/aromatic N) is 1. The van der Waals surface area contributed by atoms with Crippen LogP contribution in [0.25, 0.3) is 0 Å². The highest BCUT2D eigenvalue weighted by Crippen LogP contribution is 2.50. The van der Waals surface area contributed by atoms with Crippen LogP contribution in [0.1, 0.15) is 5.56 Å². The summed E-state index contributed by atoms with van der Waals surface area (Å²) >= 11 is 3.40. The van der Waals surface area contributed by atoms with Crippen molar-refractivity contribution in [3.8, 4) is 0 Å². The minimum absolute atomic E-state index is 0.0469. The predicted octanol–water partition coefficient (Wildman–Crippen LogP) is 1.65. The second kappa shape index (κ2) is 2.38. The Morgan fingerprint density at radius 2 is 2.29 bits per heavy atom. The number of carbonyl (C=O) groups is 1. The number of anilines is 1. The third-order valence-electron chi connectivity index (χ3n) is 2.84. The number of rotatable bonds is 0. The van der Waals surface area contributed by atoms with Gasteiger partial charge in [-0.25, -0.2) is 0 Å². The Labute approximate surface area is 89.8 Å². The molecule has 0 N–H and O–H groups in total. The number of ether oxygens (including phenoxy) is 1. The van der Waals surface area contributed by atoms with Crippen molar-refractivity contribution < 1.29 is 9.53 Å². The van der Waals surface area contributed by atoms with Gasteiger partial charge in [-0.1, -0.05) is 15.9 Å². The molecule has 1 atom stereocenters.